The van der Waals surface area contributed by atoms with Crippen molar-refractivity contribution in [3.8, 4) is 0 Å². The van der Waals surface area contributed by atoms with Gasteiger partial charge >= 0.3 is 0 Å². The zero-order valence-corrected chi connectivity index (χ0v) is 16.2. The number of rotatable bonds is 2. The van der Waals surface area contributed by atoms with Crippen molar-refractivity contribution in [2.24, 2.45) is 0 Å². The maximum absolute atomic E-state index is 6.38. The summed E-state index contributed by atoms with van der Waals surface area (Å²) in [5.41, 5.74) is 5.87. The molecule has 0 aromatic heterocycles. The van der Waals surface area contributed by atoms with Crippen LogP contribution in [-0.2, 0) is 18.3 Å². The predicted molar refractivity (Wildman–Crippen MR) is 105 cm³/mol. The molecule has 1 aliphatic heterocycles. The third-order valence-corrected chi connectivity index (χ3v) is 6.77. The molecule has 2 aromatic carbocycles. The van der Waals surface area contributed by atoms with Crippen LogP contribution < -0.4 is 5.32 Å². The first-order valence-corrected chi connectivity index (χ1v) is 9.81. The van der Waals surface area contributed by atoms with Gasteiger partial charge in [-0.2, -0.15) is 0 Å². The van der Waals surface area contributed by atoms with Gasteiger partial charge in [0.15, 0.2) is 0 Å². The van der Waals surface area contributed by atoms with Crippen LogP contribution in [0.15, 0.2) is 36.4 Å². The zero-order chi connectivity index (χ0) is 16.0. The minimum atomic E-state index is 0.233. The maximum Gasteiger partial charge on any atom is 0.0437 e. The van der Waals surface area contributed by atoms with E-state index in [1.807, 2.05) is 0 Å². The summed E-state index contributed by atoms with van der Waals surface area (Å²) in [6.07, 6.45) is 4.74. The van der Waals surface area contributed by atoms with Crippen LogP contribution >= 0.6 is 34.2 Å². The van der Waals surface area contributed by atoms with Gasteiger partial charge in [-0.15, -0.1) is 0 Å². The van der Waals surface area contributed by atoms with Gasteiger partial charge < -0.3 is 5.32 Å². The van der Waals surface area contributed by atoms with Crippen LogP contribution in [0.4, 0.5) is 0 Å². The Labute approximate surface area is 157 Å². The lowest BCUT2D eigenvalue weighted by atomic mass is 9.64. The van der Waals surface area contributed by atoms with E-state index in [9.17, 15) is 0 Å². The molecule has 2 unspecified atom stereocenters. The monoisotopic (exact) mass is 437 g/mol. The first-order chi connectivity index (χ1) is 11.1. The minimum Gasteiger partial charge on any atom is -0.313 e. The van der Waals surface area contributed by atoms with E-state index in [0.29, 0.717) is 6.04 Å². The van der Waals surface area contributed by atoms with Crippen LogP contribution in [0.5, 0.6) is 0 Å². The highest BCUT2D eigenvalue weighted by molar-refractivity contribution is 14.1. The van der Waals surface area contributed by atoms with Gasteiger partial charge in [0, 0.05) is 20.0 Å². The normalized spacial score (nSPS) is 26.0. The van der Waals surface area contributed by atoms with E-state index in [0.717, 1.165) is 23.6 Å². The van der Waals surface area contributed by atoms with Crippen molar-refractivity contribution in [1.29, 1.82) is 0 Å². The Morgan fingerprint density at radius 2 is 2.13 bits per heavy atom. The fraction of sp³-hybridized carbons (Fsp3) is 0.400. The van der Waals surface area contributed by atoms with E-state index in [1.54, 1.807) is 11.1 Å². The summed E-state index contributed by atoms with van der Waals surface area (Å²) in [4.78, 5) is 0. The molecule has 0 radical (unpaired) electrons. The lowest BCUT2D eigenvalue weighted by molar-refractivity contribution is 0.326. The van der Waals surface area contributed by atoms with Gasteiger partial charge in [-0.25, -0.2) is 0 Å². The SMILES string of the molecule is Cc1ccc(CC23CCNC2CCc2cc(I)ccc23)cc1Cl. The van der Waals surface area contributed by atoms with Crippen molar-refractivity contribution in [1.82, 2.24) is 5.32 Å². The zero-order valence-electron chi connectivity index (χ0n) is 13.3. The van der Waals surface area contributed by atoms with E-state index >= 15 is 0 Å². The molecule has 1 fully saturated rings. The van der Waals surface area contributed by atoms with E-state index in [4.69, 9.17) is 11.6 Å². The van der Waals surface area contributed by atoms with Crippen molar-refractivity contribution in [3.63, 3.8) is 0 Å². The molecule has 4 rings (SSSR count). The van der Waals surface area contributed by atoms with Crippen LogP contribution in [0.2, 0.25) is 5.02 Å². The number of benzene rings is 2. The molecular formula is C20H21ClIN. The van der Waals surface area contributed by atoms with Gasteiger partial charge in [0.25, 0.3) is 0 Å². The molecule has 2 aromatic rings. The van der Waals surface area contributed by atoms with Crippen LogP contribution in [-0.4, -0.2) is 12.6 Å². The summed E-state index contributed by atoms with van der Waals surface area (Å²) >= 11 is 8.81. The van der Waals surface area contributed by atoms with Gasteiger partial charge in [-0.1, -0.05) is 29.8 Å². The molecule has 2 atom stereocenters. The summed E-state index contributed by atoms with van der Waals surface area (Å²) < 4.78 is 1.35. The molecule has 1 saturated heterocycles. The third-order valence-electron chi connectivity index (χ3n) is 5.69. The minimum absolute atomic E-state index is 0.233. The topological polar surface area (TPSA) is 12.0 Å². The molecule has 1 heterocycles. The number of hydrogen-bond donors (Lipinski definition) is 1. The fourth-order valence-electron chi connectivity index (χ4n) is 4.51. The molecular weight excluding hydrogens is 417 g/mol. The molecule has 3 heteroatoms. The Morgan fingerprint density at radius 3 is 2.96 bits per heavy atom. The lowest BCUT2D eigenvalue weighted by Gasteiger charge is -2.41. The second-order valence-corrected chi connectivity index (χ2v) is 8.67. The number of aryl methyl sites for hydroxylation is 2. The van der Waals surface area contributed by atoms with Crippen molar-refractivity contribution < 1.29 is 0 Å². The highest BCUT2D eigenvalue weighted by atomic mass is 127. The summed E-state index contributed by atoms with van der Waals surface area (Å²) in [6.45, 7) is 3.19. The number of hydrogen-bond acceptors (Lipinski definition) is 1. The Kier molecular flexibility index (Phi) is 4.19. The highest BCUT2D eigenvalue weighted by Gasteiger charge is 2.47. The summed E-state index contributed by atoms with van der Waals surface area (Å²) in [6, 6.07) is 14.2. The van der Waals surface area contributed by atoms with Crippen molar-refractivity contribution >= 4 is 34.2 Å². The maximum atomic E-state index is 6.38. The van der Waals surface area contributed by atoms with Gasteiger partial charge in [0.05, 0.1) is 0 Å². The number of fused-ring (bicyclic) bond motifs is 3. The van der Waals surface area contributed by atoms with Crippen molar-refractivity contribution in [3.05, 3.63) is 67.2 Å². The first-order valence-electron chi connectivity index (χ1n) is 8.36. The van der Waals surface area contributed by atoms with E-state index in [1.165, 1.54) is 28.4 Å². The second-order valence-electron chi connectivity index (χ2n) is 7.01. The molecule has 0 amide bonds. The number of halogens is 2. The van der Waals surface area contributed by atoms with Crippen molar-refractivity contribution in [2.45, 2.75) is 44.1 Å². The Bertz CT molecular complexity index is 757. The van der Waals surface area contributed by atoms with Gasteiger partial charge in [-0.05, 0) is 102 Å². The van der Waals surface area contributed by atoms with E-state index < -0.39 is 0 Å². The average molecular weight is 438 g/mol. The summed E-state index contributed by atoms with van der Waals surface area (Å²) in [5, 5.41) is 4.66. The molecule has 1 aliphatic carbocycles. The van der Waals surface area contributed by atoms with Crippen LogP contribution in [0.25, 0.3) is 0 Å². The molecule has 0 saturated carbocycles. The van der Waals surface area contributed by atoms with Gasteiger partial charge in [0.2, 0.25) is 0 Å². The molecule has 1 N–H and O–H groups in total. The lowest BCUT2D eigenvalue weighted by Crippen LogP contribution is -2.45. The average Bonchev–Trinajstić information content (AvgIpc) is 2.94. The first kappa shape index (κ1) is 15.9. The van der Waals surface area contributed by atoms with Crippen LogP contribution in [0, 0.1) is 10.5 Å². The van der Waals surface area contributed by atoms with E-state index in [-0.39, 0.29) is 5.41 Å². The molecule has 23 heavy (non-hydrogen) atoms. The Morgan fingerprint density at radius 1 is 1.26 bits per heavy atom. The standard InChI is InChI=1S/C20H21ClIN/c1-13-2-3-14(10-18(13)21)12-20-8-9-23-19(20)7-4-15-11-16(22)5-6-17(15)20/h2-3,5-6,10-11,19,23H,4,7-9,12H2,1H3. The molecule has 2 aliphatic rings. The summed E-state index contributed by atoms with van der Waals surface area (Å²) in [7, 11) is 0. The van der Waals surface area contributed by atoms with Crippen LogP contribution in [0.3, 0.4) is 0 Å². The predicted octanol–water partition coefficient (Wildman–Crippen LogP) is 5.04. The quantitative estimate of drug-likeness (QED) is 0.649. The molecule has 1 nitrogen and oxygen atoms in total. The highest BCUT2D eigenvalue weighted by Crippen LogP contribution is 2.46. The second kappa shape index (κ2) is 6.05. The van der Waals surface area contributed by atoms with E-state index in [2.05, 4.69) is 71.2 Å². The molecule has 120 valence electrons. The van der Waals surface area contributed by atoms with Gasteiger partial charge in [-0.3, -0.25) is 0 Å². The fourth-order valence-corrected chi connectivity index (χ4v) is 5.27. The Hall–Kier alpha value is -0.580. The third kappa shape index (κ3) is 2.73. The van der Waals surface area contributed by atoms with Crippen molar-refractivity contribution in [2.75, 3.05) is 6.54 Å². The van der Waals surface area contributed by atoms with Gasteiger partial charge in [0.1, 0.15) is 0 Å². The summed E-state index contributed by atoms with van der Waals surface area (Å²) in [5.74, 6) is 0. The largest absolute Gasteiger partial charge is 0.313 e. The van der Waals surface area contributed by atoms with Crippen LogP contribution in [0.1, 0.15) is 35.1 Å². The molecule has 0 bridgehead atoms. The Balaban J connectivity index is 1.79. The molecule has 0 spiro atoms. The number of nitrogens with one attached hydrogen (secondary N) is 1. The smallest absolute Gasteiger partial charge is 0.0437 e.